The van der Waals surface area contributed by atoms with E-state index in [4.69, 9.17) is 4.74 Å². The molecule has 4 heteroatoms. The Hall–Kier alpha value is -1.71. The van der Waals surface area contributed by atoms with E-state index in [0.29, 0.717) is 12.0 Å². The number of anilines is 2. The zero-order valence-corrected chi connectivity index (χ0v) is 12.1. The second-order valence-electron chi connectivity index (χ2n) is 6.19. The van der Waals surface area contributed by atoms with Crippen LogP contribution in [0.25, 0.3) is 0 Å². The van der Waals surface area contributed by atoms with E-state index < -0.39 is 0 Å². The molecule has 0 aromatic heterocycles. The Morgan fingerprint density at radius 1 is 1.30 bits per heavy atom. The first-order chi connectivity index (χ1) is 9.61. The predicted molar refractivity (Wildman–Crippen MR) is 80.2 cm³/mol. The standard InChI is InChI=1S/C16H22N2O2/c1-10-3-4-11(2)13(7-10)17-12-5-6-15-14(8-12)18-16(19)9-20-15/h5-6,8,10-11,13,17H,3-4,7,9H2,1-2H3,(H,18,19). The maximum atomic E-state index is 11.4. The third kappa shape index (κ3) is 2.74. The van der Waals surface area contributed by atoms with Gasteiger partial charge in [0.05, 0.1) is 5.69 Å². The van der Waals surface area contributed by atoms with Gasteiger partial charge in [-0.15, -0.1) is 0 Å². The van der Waals surface area contributed by atoms with Gasteiger partial charge < -0.3 is 15.4 Å². The van der Waals surface area contributed by atoms with Crippen molar-refractivity contribution in [2.75, 3.05) is 17.2 Å². The van der Waals surface area contributed by atoms with Crippen LogP contribution in [0.3, 0.4) is 0 Å². The predicted octanol–water partition coefficient (Wildman–Crippen LogP) is 3.25. The van der Waals surface area contributed by atoms with Crippen molar-refractivity contribution in [3.63, 3.8) is 0 Å². The number of rotatable bonds is 2. The number of carbonyl (C=O) groups excluding carboxylic acids is 1. The molecule has 1 aliphatic heterocycles. The Morgan fingerprint density at radius 3 is 3.00 bits per heavy atom. The van der Waals surface area contributed by atoms with Crippen molar-refractivity contribution in [2.45, 2.75) is 39.2 Å². The molecule has 2 N–H and O–H groups in total. The van der Waals surface area contributed by atoms with Crippen LogP contribution < -0.4 is 15.4 Å². The second-order valence-corrected chi connectivity index (χ2v) is 6.19. The van der Waals surface area contributed by atoms with Crippen molar-refractivity contribution < 1.29 is 9.53 Å². The maximum absolute atomic E-state index is 11.4. The highest BCUT2D eigenvalue weighted by molar-refractivity contribution is 5.96. The van der Waals surface area contributed by atoms with Gasteiger partial charge in [-0.3, -0.25) is 4.79 Å². The summed E-state index contributed by atoms with van der Waals surface area (Å²) in [5.41, 5.74) is 1.82. The van der Waals surface area contributed by atoms with E-state index in [2.05, 4.69) is 24.5 Å². The molecule has 1 heterocycles. The van der Waals surface area contributed by atoms with E-state index in [1.807, 2.05) is 18.2 Å². The van der Waals surface area contributed by atoms with Crippen LogP contribution in [0, 0.1) is 11.8 Å². The summed E-state index contributed by atoms with van der Waals surface area (Å²) in [5, 5.41) is 6.47. The number of carbonyl (C=O) groups is 1. The van der Waals surface area contributed by atoms with Crippen LogP contribution in [0.15, 0.2) is 18.2 Å². The quantitative estimate of drug-likeness (QED) is 0.870. The molecular formula is C16H22N2O2. The van der Waals surface area contributed by atoms with Crippen molar-refractivity contribution in [2.24, 2.45) is 11.8 Å². The van der Waals surface area contributed by atoms with Crippen LogP contribution in [-0.4, -0.2) is 18.6 Å². The molecule has 0 spiro atoms. The zero-order chi connectivity index (χ0) is 14.1. The largest absolute Gasteiger partial charge is 0.482 e. The van der Waals surface area contributed by atoms with Gasteiger partial charge in [0.25, 0.3) is 5.91 Å². The van der Waals surface area contributed by atoms with Crippen LogP contribution in [0.4, 0.5) is 11.4 Å². The monoisotopic (exact) mass is 274 g/mol. The molecule has 4 nitrogen and oxygen atoms in total. The number of benzene rings is 1. The summed E-state index contributed by atoms with van der Waals surface area (Å²) in [4.78, 5) is 11.4. The van der Waals surface area contributed by atoms with E-state index in [-0.39, 0.29) is 12.5 Å². The van der Waals surface area contributed by atoms with Gasteiger partial charge in [-0.25, -0.2) is 0 Å². The van der Waals surface area contributed by atoms with Gasteiger partial charge in [-0.1, -0.05) is 20.3 Å². The van der Waals surface area contributed by atoms with E-state index in [0.717, 1.165) is 23.0 Å². The van der Waals surface area contributed by atoms with Gasteiger partial charge in [-0.05, 0) is 42.9 Å². The summed E-state index contributed by atoms with van der Waals surface area (Å²) in [5.74, 6) is 2.13. The zero-order valence-electron chi connectivity index (χ0n) is 12.1. The van der Waals surface area contributed by atoms with Crippen LogP contribution >= 0.6 is 0 Å². The van der Waals surface area contributed by atoms with E-state index in [9.17, 15) is 4.79 Å². The van der Waals surface area contributed by atoms with Crippen molar-refractivity contribution in [3.05, 3.63) is 18.2 Å². The van der Waals surface area contributed by atoms with Crippen molar-refractivity contribution in [1.82, 2.24) is 0 Å². The molecule has 0 saturated heterocycles. The van der Waals surface area contributed by atoms with E-state index in [1.165, 1.54) is 19.3 Å². The Morgan fingerprint density at radius 2 is 2.15 bits per heavy atom. The van der Waals surface area contributed by atoms with Crippen LogP contribution in [-0.2, 0) is 4.79 Å². The van der Waals surface area contributed by atoms with Crippen LogP contribution in [0.1, 0.15) is 33.1 Å². The number of fused-ring (bicyclic) bond motifs is 1. The van der Waals surface area contributed by atoms with Gasteiger partial charge in [0.1, 0.15) is 5.75 Å². The molecule has 1 aromatic rings. The van der Waals surface area contributed by atoms with Gasteiger partial charge in [-0.2, -0.15) is 0 Å². The van der Waals surface area contributed by atoms with Crippen LogP contribution in [0.2, 0.25) is 0 Å². The molecule has 1 aliphatic carbocycles. The molecule has 3 atom stereocenters. The lowest BCUT2D eigenvalue weighted by Crippen LogP contribution is -2.33. The SMILES string of the molecule is CC1CCC(C)C(Nc2ccc3c(c2)NC(=O)CO3)C1. The van der Waals surface area contributed by atoms with E-state index in [1.54, 1.807) is 0 Å². The molecule has 0 bridgehead atoms. The molecule has 0 radical (unpaired) electrons. The molecule has 108 valence electrons. The number of hydrogen-bond donors (Lipinski definition) is 2. The average Bonchev–Trinajstić information content (AvgIpc) is 2.42. The molecule has 1 aromatic carbocycles. The topological polar surface area (TPSA) is 50.4 Å². The average molecular weight is 274 g/mol. The molecular weight excluding hydrogens is 252 g/mol. The minimum Gasteiger partial charge on any atom is -0.482 e. The third-order valence-corrected chi connectivity index (χ3v) is 4.42. The lowest BCUT2D eigenvalue weighted by molar-refractivity contribution is -0.118. The summed E-state index contributed by atoms with van der Waals surface area (Å²) in [6.45, 7) is 4.74. The normalized spacial score (nSPS) is 29.1. The Labute approximate surface area is 119 Å². The number of ether oxygens (including phenoxy) is 1. The Kier molecular flexibility index (Phi) is 3.55. The summed E-state index contributed by atoms with van der Waals surface area (Å²) in [7, 11) is 0. The van der Waals surface area contributed by atoms with Crippen molar-refractivity contribution >= 4 is 17.3 Å². The minimum absolute atomic E-state index is 0.0886. The number of amides is 1. The molecule has 20 heavy (non-hydrogen) atoms. The first-order valence-electron chi connectivity index (χ1n) is 7.45. The number of hydrogen-bond acceptors (Lipinski definition) is 3. The van der Waals surface area contributed by atoms with Gasteiger partial charge in [0.2, 0.25) is 0 Å². The summed E-state index contributed by atoms with van der Waals surface area (Å²) < 4.78 is 5.38. The minimum atomic E-state index is -0.0886. The lowest BCUT2D eigenvalue weighted by Gasteiger charge is -2.34. The molecule has 3 unspecified atom stereocenters. The fourth-order valence-corrected chi connectivity index (χ4v) is 3.12. The molecule has 1 saturated carbocycles. The van der Waals surface area contributed by atoms with Gasteiger partial charge in [0, 0.05) is 11.7 Å². The second kappa shape index (κ2) is 5.35. The molecule has 1 fully saturated rings. The van der Waals surface area contributed by atoms with Crippen molar-refractivity contribution in [1.29, 1.82) is 0 Å². The lowest BCUT2D eigenvalue weighted by atomic mass is 9.80. The summed E-state index contributed by atoms with van der Waals surface area (Å²) in [6.07, 6.45) is 3.82. The third-order valence-electron chi connectivity index (χ3n) is 4.42. The molecule has 3 rings (SSSR count). The maximum Gasteiger partial charge on any atom is 0.262 e. The Bertz CT molecular complexity index is 515. The number of nitrogens with one attached hydrogen (secondary N) is 2. The van der Waals surface area contributed by atoms with Crippen molar-refractivity contribution in [3.8, 4) is 5.75 Å². The summed E-state index contributed by atoms with van der Waals surface area (Å²) >= 11 is 0. The fraction of sp³-hybridized carbons (Fsp3) is 0.562. The smallest absolute Gasteiger partial charge is 0.262 e. The highest BCUT2D eigenvalue weighted by Crippen LogP contribution is 2.34. The fourth-order valence-electron chi connectivity index (χ4n) is 3.12. The first-order valence-corrected chi connectivity index (χ1v) is 7.45. The van der Waals surface area contributed by atoms with Crippen LogP contribution in [0.5, 0.6) is 5.75 Å². The van der Waals surface area contributed by atoms with Gasteiger partial charge >= 0.3 is 0 Å². The molecule has 1 amide bonds. The highest BCUT2D eigenvalue weighted by atomic mass is 16.5. The van der Waals surface area contributed by atoms with E-state index >= 15 is 0 Å². The molecule has 2 aliphatic rings. The highest BCUT2D eigenvalue weighted by Gasteiger charge is 2.25. The Balaban J connectivity index is 1.74. The first kappa shape index (κ1) is 13.3. The van der Waals surface area contributed by atoms with Gasteiger partial charge in [0.15, 0.2) is 6.61 Å². The summed E-state index contributed by atoms with van der Waals surface area (Å²) in [6, 6.07) is 6.44.